The van der Waals surface area contributed by atoms with Crippen LogP contribution in [-0.2, 0) is 4.74 Å². The smallest absolute Gasteiger partial charge is 0.0701 e. The van der Waals surface area contributed by atoms with Crippen LogP contribution in [0, 0.1) is 5.92 Å². The van der Waals surface area contributed by atoms with Gasteiger partial charge in [0.1, 0.15) is 0 Å². The predicted octanol–water partition coefficient (Wildman–Crippen LogP) is 1.33. The minimum absolute atomic E-state index is 0.336. The Kier molecular flexibility index (Phi) is 1.69. The lowest BCUT2D eigenvalue weighted by Gasteiger charge is -2.24. The van der Waals surface area contributed by atoms with Gasteiger partial charge in [-0.3, -0.25) is 0 Å². The summed E-state index contributed by atoms with van der Waals surface area (Å²) in [6.45, 7) is 0. The first-order chi connectivity index (χ1) is 5.26. The third-order valence-corrected chi connectivity index (χ3v) is 3.43. The summed E-state index contributed by atoms with van der Waals surface area (Å²) in [6, 6.07) is 0. The van der Waals surface area contributed by atoms with E-state index in [1.54, 1.807) is 7.11 Å². The van der Waals surface area contributed by atoms with Crippen molar-refractivity contribution in [2.24, 2.45) is 5.92 Å². The van der Waals surface area contributed by atoms with Gasteiger partial charge in [0.05, 0.1) is 11.7 Å². The van der Waals surface area contributed by atoms with Gasteiger partial charge in [-0.05, 0) is 25.7 Å². The summed E-state index contributed by atoms with van der Waals surface area (Å²) in [5.41, 5.74) is -0.347. The zero-order valence-corrected chi connectivity index (χ0v) is 7.05. The first-order valence-electron chi connectivity index (χ1n) is 4.51. The Morgan fingerprint density at radius 3 is 2.91 bits per heavy atom. The number of aliphatic hydroxyl groups is 1. The molecule has 0 bridgehead atoms. The molecule has 1 N–H and O–H groups in total. The van der Waals surface area contributed by atoms with Crippen molar-refractivity contribution in [1.82, 2.24) is 0 Å². The topological polar surface area (TPSA) is 29.5 Å². The number of hydrogen-bond acceptors (Lipinski definition) is 2. The van der Waals surface area contributed by atoms with E-state index in [4.69, 9.17) is 4.74 Å². The van der Waals surface area contributed by atoms with Crippen molar-refractivity contribution in [1.29, 1.82) is 0 Å². The molecule has 2 heteroatoms. The molecular weight excluding hydrogens is 140 g/mol. The molecule has 0 amide bonds. The number of fused-ring (bicyclic) bond motifs is 1. The van der Waals surface area contributed by atoms with Gasteiger partial charge >= 0.3 is 0 Å². The molecule has 11 heavy (non-hydrogen) atoms. The lowest BCUT2D eigenvalue weighted by atomic mass is 9.94. The quantitative estimate of drug-likeness (QED) is 0.620. The van der Waals surface area contributed by atoms with E-state index in [0.29, 0.717) is 12.0 Å². The molecule has 0 spiro atoms. The standard InChI is InChI=1S/C9H16O2/c1-11-8-4-6-9(10)5-2-3-7(8)9/h7-8,10H,2-6H2,1H3/t7-,8-,9-/m1/s1. The SMILES string of the molecule is CO[C@@H]1CC[C@]2(O)CCC[C@H]12. The highest BCUT2D eigenvalue weighted by molar-refractivity contribution is 5.01. The third kappa shape index (κ3) is 1.00. The van der Waals surface area contributed by atoms with Crippen molar-refractivity contribution in [3.05, 3.63) is 0 Å². The summed E-state index contributed by atoms with van der Waals surface area (Å²) in [5, 5.41) is 10.1. The van der Waals surface area contributed by atoms with E-state index < -0.39 is 0 Å². The van der Waals surface area contributed by atoms with E-state index in [9.17, 15) is 5.11 Å². The summed E-state index contributed by atoms with van der Waals surface area (Å²) in [6.07, 6.45) is 5.68. The van der Waals surface area contributed by atoms with Crippen LogP contribution in [0.25, 0.3) is 0 Å². The number of methoxy groups -OCH3 is 1. The van der Waals surface area contributed by atoms with Crippen molar-refractivity contribution in [3.63, 3.8) is 0 Å². The van der Waals surface area contributed by atoms with Gasteiger partial charge < -0.3 is 9.84 Å². The van der Waals surface area contributed by atoms with E-state index >= 15 is 0 Å². The van der Waals surface area contributed by atoms with E-state index in [1.807, 2.05) is 0 Å². The van der Waals surface area contributed by atoms with Gasteiger partial charge in [-0.25, -0.2) is 0 Å². The van der Waals surface area contributed by atoms with Crippen LogP contribution < -0.4 is 0 Å². The second kappa shape index (κ2) is 2.46. The zero-order chi connectivity index (χ0) is 7.90. The third-order valence-electron chi connectivity index (χ3n) is 3.43. The average Bonchev–Trinajstić information content (AvgIpc) is 2.45. The normalized spacial score (nSPS) is 49.6. The van der Waals surface area contributed by atoms with Crippen LogP contribution >= 0.6 is 0 Å². The highest BCUT2D eigenvalue weighted by Crippen LogP contribution is 2.48. The van der Waals surface area contributed by atoms with Gasteiger partial charge in [-0.1, -0.05) is 6.42 Å². The van der Waals surface area contributed by atoms with E-state index in [-0.39, 0.29) is 5.60 Å². The van der Waals surface area contributed by atoms with Gasteiger partial charge in [0.2, 0.25) is 0 Å². The second-order valence-corrected chi connectivity index (χ2v) is 3.92. The molecule has 2 saturated carbocycles. The summed E-state index contributed by atoms with van der Waals surface area (Å²) in [4.78, 5) is 0. The molecule has 0 aromatic heterocycles. The molecule has 2 fully saturated rings. The van der Waals surface area contributed by atoms with Crippen LogP contribution in [0.3, 0.4) is 0 Å². The Balaban J connectivity index is 2.13. The van der Waals surface area contributed by atoms with Crippen LogP contribution in [0.5, 0.6) is 0 Å². The van der Waals surface area contributed by atoms with Crippen molar-refractivity contribution in [2.75, 3.05) is 7.11 Å². The monoisotopic (exact) mass is 156 g/mol. The van der Waals surface area contributed by atoms with E-state index in [0.717, 1.165) is 25.7 Å². The Morgan fingerprint density at radius 1 is 1.36 bits per heavy atom. The van der Waals surface area contributed by atoms with Gasteiger partial charge in [-0.15, -0.1) is 0 Å². The second-order valence-electron chi connectivity index (χ2n) is 3.92. The molecule has 0 unspecified atom stereocenters. The lowest BCUT2D eigenvalue weighted by molar-refractivity contribution is -0.0166. The minimum atomic E-state index is -0.347. The van der Waals surface area contributed by atoms with Crippen LogP contribution in [0.1, 0.15) is 32.1 Å². The lowest BCUT2D eigenvalue weighted by Crippen LogP contribution is -2.31. The average molecular weight is 156 g/mol. The Hall–Kier alpha value is -0.0800. The molecule has 2 rings (SSSR count). The first-order valence-corrected chi connectivity index (χ1v) is 4.51. The zero-order valence-electron chi connectivity index (χ0n) is 7.05. The van der Waals surface area contributed by atoms with Crippen LogP contribution in [-0.4, -0.2) is 23.9 Å². The summed E-state index contributed by atoms with van der Waals surface area (Å²) in [7, 11) is 1.76. The fourth-order valence-corrected chi connectivity index (χ4v) is 2.80. The first kappa shape index (κ1) is 7.56. The number of rotatable bonds is 1. The fourth-order valence-electron chi connectivity index (χ4n) is 2.80. The number of hydrogen-bond donors (Lipinski definition) is 1. The molecule has 2 aliphatic carbocycles. The molecule has 0 radical (unpaired) electrons. The predicted molar refractivity (Wildman–Crippen MR) is 42.3 cm³/mol. The maximum Gasteiger partial charge on any atom is 0.0701 e. The molecule has 0 aliphatic heterocycles. The molecule has 2 nitrogen and oxygen atoms in total. The molecule has 0 heterocycles. The Labute approximate surface area is 67.6 Å². The van der Waals surface area contributed by atoms with Crippen LogP contribution in [0.2, 0.25) is 0 Å². The van der Waals surface area contributed by atoms with Gasteiger partial charge in [0.25, 0.3) is 0 Å². The van der Waals surface area contributed by atoms with Gasteiger partial charge in [-0.2, -0.15) is 0 Å². The molecule has 0 saturated heterocycles. The highest BCUT2D eigenvalue weighted by Gasteiger charge is 2.50. The summed E-state index contributed by atoms with van der Waals surface area (Å²) < 4.78 is 5.33. The summed E-state index contributed by atoms with van der Waals surface area (Å²) in [5.74, 6) is 0.437. The maximum atomic E-state index is 10.1. The molecule has 2 aliphatic rings. The molecular formula is C9H16O2. The fraction of sp³-hybridized carbons (Fsp3) is 1.00. The largest absolute Gasteiger partial charge is 0.390 e. The van der Waals surface area contributed by atoms with Crippen molar-refractivity contribution in [2.45, 2.75) is 43.8 Å². The van der Waals surface area contributed by atoms with Crippen molar-refractivity contribution < 1.29 is 9.84 Å². The maximum absolute atomic E-state index is 10.1. The molecule has 64 valence electrons. The van der Waals surface area contributed by atoms with Gasteiger partial charge in [0, 0.05) is 13.0 Å². The van der Waals surface area contributed by atoms with Crippen molar-refractivity contribution in [3.8, 4) is 0 Å². The van der Waals surface area contributed by atoms with Gasteiger partial charge in [0.15, 0.2) is 0 Å². The van der Waals surface area contributed by atoms with Crippen LogP contribution in [0.4, 0.5) is 0 Å². The van der Waals surface area contributed by atoms with E-state index in [2.05, 4.69) is 0 Å². The Bertz CT molecular complexity index is 158. The van der Waals surface area contributed by atoms with Crippen LogP contribution in [0.15, 0.2) is 0 Å². The molecule has 0 aromatic rings. The van der Waals surface area contributed by atoms with E-state index in [1.165, 1.54) is 6.42 Å². The minimum Gasteiger partial charge on any atom is -0.390 e. The highest BCUT2D eigenvalue weighted by atomic mass is 16.5. The number of ether oxygens (including phenoxy) is 1. The summed E-state index contributed by atoms with van der Waals surface area (Å²) >= 11 is 0. The van der Waals surface area contributed by atoms with Crippen molar-refractivity contribution >= 4 is 0 Å². The molecule has 3 atom stereocenters. The molecule has 0 aromatic carbocycles. The Morgan fingerprint density at radius 2 is 2.18 bits per heavy atom.